The van der Waals surface area contributed by atoms with Crippen molar-refractivity contribution < 1.29 is 9.53 Å². The molecule has 116 valence electrons. The van der Waals surface area contributed by atoms with Gasteiger partial charge in [0, 0.05) is 49.9 Å². The monoisotopic (exact) mass is 311 g/mol. The number of carbonyl (C=O) groups excluding carboxylic acids is 1. The minimum absolute atomic E-state index is 0.00357. The Hall–Kier alpha value is -1.14. The quantitative estimate of drug-likeness (QED) is 0.751. The van der Waals surface area contributed by atoms with Crippen molar-refractivity contribution in [2.75, 3.05) is 51.3 Å². The number of hydrogen-bond donors (Lipinski definition) is 2. The average Bonchev–Trinajstić information content (AvgIpc) is 2.48. The Kier molecular flexibility index (Phi) is 6.95. The van der Waals surface area contributed by atoms with E-state index < -0.39 is 0 Å². The summed E-state index contributed by atoms with van der Waals surface area (Å²) in [5.74, 6) is -0.00357. The number of rotatable bonds is 7. The Bertz CT molecular complexity index is 450. The molecule has 1 aromatic carbocycles. The van der Waals surface area contributed by atoms with E-state index in [1.54, 1.807) is 12.1 Å². The molecule has 0 unspecified atom stereocenters. The molecular weight excluding hydrogens is 290 g/mol. The van der Waals surface area contributed by atoms with Gasteiger partial charge in [0.25, 0.3) is 0 Å². The van der Waals surface area contributed by atoms with Crippen LogP contribution in [0.1, 0.15) is 6.42 Å². The number of halogens is 1. The van der Waals surface area contributed by atoms with Crippen LogP contribution < -0.4 is 10.6 Å². The Morgan fingerprint density at radius 1 is 1.29 bits per heavy atom. The molecule has 1 aliphatic rings. The van der Waals surface area contributed by atoms with Crippen LogP contribution in [0.4, 0.5) is 5.69 Å². The van der Waals surface area contributed by atoms with E-state index in [9.17, 15) is 4.79 Å². The molecular formula is C15H22ClN3O2. The fourth-order valence-corrected chi connectivity index (χ4v) is 2.37. The summed E-state index contributed by atoms with van der Waals surface area (Å²) in [4.78, 5) is 14.1. The molecule has 5 nitrogen and oxygen atoms in total. The van der Waals surface area contributed by atoms with Gasteiger partial charge < -0.3 is 15.4 Å². The van der Waals surface area contributed by atoms with Crippen molar-refractivity contribution in [3.63, 3.8) is 0 Å². The zero-order chi connectivity index (χ0) is 14.9. The highest BCUT2D eigenvalue weighted by atomic mass is 35.5. The molecule has 1 saturated heterocycles. The smallest absolute Gasteiger partial charge is 0.225 e. The molecule has 0 aliphatic carbocycles. The van der Waals surface area contributed by atoms with E-state index in [0.717, 1.165) is 45.1 Å². The Morgan fingerprint density at radius 2 is 2.10 bits per heavy atom. The van der Waals surface area contributed by atoms with Crippen LogP contribution in [0, 0.1) is 0 Å². The van der Waals surface area contributed by atoms with Crippen molar-refractivity contribution in [3.05, 3.63) is 29.3 Å². The van der Waals surface area contributed by atoms with Crippen LogP contribution in [0.2, 0.25) is 5.02 Å². The first-order valence-electron chi connectivity index (χ1n) is 7.30. The molecule has 21 heavy (non-hydrogen) atoms. The molecule has 1 amide bonds. The van der Waals surface area contributed by atoms with Gasteiger partial charge >= 0.3 is 0 Å². The number of nitrogens with zero attached hydrogens (tertiary/aromatic N) is 1. The van der Waals surface area contributed by atoms with Crippen molar-refractivity contribution in [2.45, 2.75) is 6.42 Å². The molecule has 0 spiro atoms. The third kappa shape index (κ3) is 6.44. The second-order valence-corrected chi connectivity index (χ2v) is 5.45. The van der Waals surface area contributed by atoms with Crippen LogP contribution in [0.15, 0.2) is 24.3 Å². The van der Waals surface area contributed by atoms with Gasteiger partial charge in [-0.2, -0.15) is 0 Å². The lowest BCUT2D eigenvalue weighted by atomic mass is 10.3. The van der Waals surface area contributed by atoms with Crippen molar-refractivity contribution in [2.24, 2.45) is 0 Å². The second kappa shape index (κ2) is 9.00. The molecule has 0 radical (unpaired) electrons. The van der Waals surface area contributed by atoms with E-state index in [4.69, 9.17) is 16.3 Å². The minimum atomic E-state index is -0.00357. The normalized spacial score (nSPS) is 15.9. The molecule has 0 atom stereocenters. The maximum Gasteiger partial charge on any atom is 0.225 e. The fourth-order valence-electron chi connectivity index (χ4n) is 2.18. The van der Waals surface area contributed by atoms with E-state index in [-0.39, 0.29) is 5.91 Å². The zero-order valence-corrected chi connectivity index (χ0v) is 12.9. The van der Waals surface area contributed by atoms with Crippen LogP contribution in [-0.4, -0.2) is 56.7 Å². The average molecular weight is 312 g/mol. The van der Waals surface area contributed by atoms with E-state index in [0.29, 0.717) is 18.0 Å². The maximum atomic E-state index is 11.8. The van der Waals surface area contributed by atoms with Crippen molar-refractivity contribution in [1.82, 2.24) is 10.2 Å². The summed E-state index contributed by atoms with van der Waals surface area (Å²) >= 11 is 5.87. The highest BCUT2D eigenvalue weighted by Crippen LogP contribution is 2.14. The lowest BCUT2D eigenvalue weighted by molar-refractivity contribution is -0.116. The Balaban J connectivity index is 1.54. The number of nitrogens with one attached hydrogen (secondary N) is 2. The van der Waals surface area contributed by atoms with Gasteiger partial charge in [0.05, 0.1) is 13.2 Å². The molecule has 1 aromatic rings. The molecule has 1 heterocycles. The van der Waals surface area contributed by atoms with Crippen LogP contribution in [0.25, 0.3) is 0 Å². The van der Waals surface area contributed by atoms with Gasteiger partial charge in [0.2, 0.25) is 5.91 Å². The topological polar surface area (TPSA) is 53.6 Å². The van der Waals surface area contributed by atoms with Gasteiger partial charge in [-0.25, -0.2) is 0 Å². The zero-order valence-electron chi connectivity index (χ0n) is 12.1. The lowest BCUT2D eigenvalue weighted by Crippen LogP contribution is -2.40. The predicted octanol–water partition coefficient (Wildman–Crippen LogP) is 1.59. The summed E-state index contributed by atoms with van der Waals surface area (Å²) in [5.41, 5.74) is 0.737. The number of anilines is 1. The molecule has 0 saturated carbocycles. The van der Waals surface area contributed by atoms with Gasteiger partial charge in [0.15, 0.2) is 0 Å². The van der Waals surface area contributed by atoms with E-state index in [2.05, 4.69) is 15.5 Å². The summed E-state index contributed by atoms with van der Waals surface area (Å²) in [5, 5.41) is 6.75. The van der Waals surface area contributed by atoms with Crippen molar-refractivity contribution >= 4 is 23.2 Å². The molecule has 0 aromatic heterocycles. The first-order valence-corrected chi connectivity index (χ1v) is 7.68. The number of ether oxygens (including phenoxy) is 1. The van der Waals surface area contributed by atoms with Gasteiger partial charge in [-0.15, -0.1) is 0 Å². The van der Waals surface area contributed by atoms with Crippen molar-refractivity contribution in [1.29, 1.82) is 0 Å². The first kappa shape index (κ1) is 16.2. The summed E-state index contributed by atoms with van der Waals surface area (Å²) < 4.78 is 5.30. The molecule has 1 aliphatic heterocycles. The van der Waals surface area contributed by atoms with E-state index in [1.165, 1.54) is 0 Å². The number of hydrogen-bond acceptors (Lipinski definition) is 4. The lowest BCUT2D eigenvalue weighted by Gasteiger charge is -2.26. The Labute approximate surface area is 130 Å². The third-order valence-electron chi connectivity index (χ3n) is 3.35. The summed E-state index contributed by atoms with van der Waals surface area (Å²) in [6.07, 6.45) is 0.454. The number of benzene rings is 1. The molecule has 1 fully saturated rings. The second-order valence-electron chi connectivity index (χ2n) is 5.01. The van der Waals surface area contributed by atoms with E-state index in [1.807, 2.05) is 12.1 Å². The van der Waals surface area contributed by atoms with Gasteiger partial charge in [-0.05, 0) is 18.2 Å². The molecule has 6 heteroatoms. The van der Waals surface area contributed by atoms with E-state index >= 15 is 0 Å². The number of amides is 1. The van der Waals surface area contributed by atoms with Gasteiger partial charge in [0.1, 0.15) is 0 Å². The van der Waals surface area contributed by atoms with Crippen LogP contribution >= 0.6 is 11.6 Å². The first-order chi connectivity index (χ1) is 10.2. The van der Waals surface area contributed by atoms with Gasteiger partial charge in [-0.1, -0.05) is 17.7 Å². The highest BCUT2D eigenvalue weighted by Gasteiger charge is 2.09. The maximum absolute atomic E-state index is 11.8. The largest absolute Gasteiger partial charge is 0.379 e. The minimum Gasteiger partial charge on any atom is -0.379 e. The number of carbonyl (C=O) groups is 1. The van der Waals surface area contributed by atoms with Crippen LogP contribution in [-0.2, 0) is 9.53 Å². The van der Waals surface area contributed by atoms with Crippen molar-refractivity contribution in [3.8, 4) is 0 Å². The van der Waals surface area contributed by atoms with Crippen LogP contribution in [0.3, 0.4) is 0 Å². The van der Waals surface area contributed by atoms with Crippen LogP contribution in [0.5, 0.6) is 0 Å². The fraction of sp³-hybridized carbons (Fsp3) is 0.533. The molecule has 2 rings (SSSR count). The molecule has 0 bridgehead atoms. The predicted molar refractivity (Wildman–Crippen MR) is 84.8 cm³/mol. The number of morpholine rings is 1. The summed E-state index contributed by atoms with van der Waals surface area (Å²) in [7, 11) is 0. The Morgan fingerprint density at radius 3 is 2.86 bits per heavy atom. The standard InChI is InChI=1S/C15H22ClN3O2/c16-13-2-1-3-14(12-13)18-15(20)4-5-17-6-7-19-8-10-21-11-9-19/h1-3,12,17H,4-11H2,(H,18,20). The molecule has 2 N–H and O–H groups in total. The van der Waals surface area contributed by atoms with Gasteiger partial charge in [-0.3, -0.25) is 9.69 Å². The summed E-state index contributed by atoms with van der Waals surface area (Å²) in [6, 6.07) is 7.17. The third-order valence-corrected chi connectivity index (χ3v) is 3.58. The SMILES string of the molecule is O=C(CCNCCN1CCOCC1)Nc1cccc(Cl)c1. The highest BCUT2D eigenvalue weighted by molar-refractivity contribution is 6.30. The summed E-state index contributed by atoms with van der Waals surface area (Å²) in [6.45, 7) is 6.21.